The van der Waals surface area contributed by atoms with Crippen molar-refractivity contribution in [3.8, 4) is 0 Å². The number of thioether (sulfide) groups is 1. The molecule has 1 saturated carbocycles. The maximum absolute atomic E-state index is 6.21. The Balaban J connectivity index is 1.81. The number of hydrogen-bond donors (Lipinski definition) is 1. The number of rotatable bonds is 4. The van der Waals surface area contributed by atoms with Crippen LogP contribution in [0.15, 0.2) is 18.2 Å². The summed E-state index contributed by atoms with van der Waals surface area (Å²) in [5.74, 6) is 2.42. The minimum absolute atomic E-state index is 0.594. The van der Waals surface area contributed by atoms with Gasteiger partial charge >= 0.3 is 0 Å². The monoisotopic (exact) mass is 296 g/mol. The van der Waals surface area contributed by atoms with Crippen LogP contribution in [0.1, 0.15) is 25.3 Å². The van der Waals surface area contributed by atoms with Crippen LogP contribution in [-0.4, -0.2) is 30.1 Å². The largest absolute Gasteiger partial charge is 0.367 e. The fourth-order valence-corrected chi connectivity index (χ4v) is 3.76. The topological polar surface area (TPSA) is 15.3 Å². The number of nitrogens with zero attached hydrogens (tertiary/aromatic N) is 1. The van der Waals surface area contributed by atoms with Crippen molar-refractivity contribution < 1.29 is 0 Å². The molecule has 3 rings (SSSR count). The molecular formula is C15H21ClN2S. The van der Waals surface area contributed by atoms with Crippen molar-refractivity contribution in [1.29, 1.82) is 0 Å². The molecule has 1 aliphatic carbocycles. The Morgan fingerprint density at radius 1 is 1.42 bits per heavy atom. The number of nitrogens with one attached hydrogen (secondary N) is 1. The Bertz CT molecular complexity index is 448. The van der Waals surface area contributed by atoms with Gasteiger partial charge in [0.25, 0.3) is 0 Å². The first kappa shape index (κ1) is 13.6. The third-order valence-electron chi connectivity index (χ3n) is 3.88. The minimum Gasteiger partial charge on any atom is -0.367 e. The molecule has 0 aromatic heterocycles. The first-order valence-electron chi connectivity index (χ1n) is 7.10. The lowest BCUT2D eigenvalue weighted by molar-refractivity contribution is 0.666. The number of halogens is 1. The second kappa shape index (κ2) is 5.94. The lowest BCUT2D eigenvalue weighted by atomic mass is 10.1. The van der Waals surface area contributed by atoms with Crippen LogP contribution in [0.25, 0.3) is 0 Å². The van der Waals surface area contributed by atoms with E-state index in [2.05, 4.69) is 29.3 Å². The summed E-state index contributed by atoms with van der Waals surface area (Å²) >= 11 is 8.26. The van der Waals surface area contributed by atoms with Gasteiger partial charge in [-0.25, -0.2) is 0 Å². The first-order chi connectivity index (χ1) is 9.24. The Labute approximate surface area is 124 Å². The maximum Gasteiger partial charge on any atom is 0.0429 e. The van der Waals surface area contributed by atoms with Crippen LogP contribution in [-0.2, 0) is 6.54 Å². The zero-order chi connectivity index (χ0) is 13.2. The fourth-order valence-electron chi connectivity index (χ4n) is 2.58. The average molecular weight is 297 g/mol. The predicted molar refractivity (Wildman–Crippen MR) is 85.4 cm³/mol. The molecule has 104 valence electrons. The zero-order valence-electron chi connectivity index (χ0n) is 11.4. The quantitative estimate of drug-likeness (QED) is 0.915. The Hall–Kier alpha value is -0.380. The lowest BCUT2D eigenvalue weighted by Gasteiger charge is -2.36. The van der Waals surface area contributed by atoms with Gasteiger partial charge in [-0.15, -0.1) is 0 Å². The van der Waals surface area contributed by atoms with Gasteiger partial charge in [-0.2, -0.15) is 11.8 Å². The van der Waals surface area contributed by atoms with Crippen LogP contribution in [0.2, 0.25) is 5.02 Å². The Kier molecular flexibility index (Phi) is 4.25. The summed E-state index contributed by atoms with van der Waals surface area (Å²) in [7, 11) is 0. The molecule has 0 radical (unpaired) electrons. The summed E-state index contributed by atoms with van der Waals surface area (Å²) in [5.41, 5.74) is 2.71. The second-order valence-electron chi connectivity index (χ2n) is 5.55. The molecule has 1 unspecified atom stereocenters. The summed E-state index contributed by atoms with van der Waals surface area (Å²) < 4.78 is 0. The van der Waals surface area contributed by atoms with E-state index in [0.29, 0.717) is 6.04 Å². The van der Waals surface area contributed by atoms with Gasteiger partial charge in [-0.1, -0.05) is 17.7 Å². The van der Waals surface area contributed by atoms with Crippen molar-refractivity contribution in [2.75, 3.05) is 23.0 Å². The van der Waals surface area contributed by atoms with Crippen LogP contribution in [0.4, 0.5) is 5.69 Å². The van der Waals surface area contributed by atoms with Gasteiger partial charge in [0.2, 0.25) is 0 Å². The lowest BCUT2D eigenvalue weighted by Crippen LogP contribution is -2.41. The number of anilines is 1. The van der Waals surface area contributed by atoms with Crippen LogP contribution in [0, 0.1) is 0 Å². The van der Waals surface area contributed by atoms with E-state index in [1.807, 2.05) is 17.8 Å². The van der Waals surface area contributed by atoms with Crippen LogP contribution in [0.5, 0.6) is 0 Å². The molecule has 1 N–H and O–H groups in total. The van der Waals surface area contributed by atoms with Crippen molar-refractivity contribution in [2.45, 2.75) is 38.4 Å². The first-order valence-corrected chi connectivity index (χ1v) is 8.63. The van der Waals surface area contributed by atoms with E-state index in [9.17, 15) is 0 Å². The van der Waals surface area contributed by atoms with Crippen molar-refractivity contribution in [2.24, 2.45) is 0 Å². The molecule has 4 heteroatoms. The van der Waals surface area contributed by atoms with Gasteiger partial charge in [0, 0.05) is 47.4 Å². The van der Waals surface area contributed by atoms with Crippen LogP contribution < -0.4 is 10.2 Å². The molecule has 1 aliphatic heterocycles. The molecule has 1 heterocycles. The summed E-state index contributed by atoms with van der Waals surface area (Å²) in [5, 5.41) is 4.45. The summed E-state index contributed by atoms with van der Waals surface area (Å²) in [6.07, 6.45) is 2.67. The summed E-state index contributed by atoms with van der Waals surface area (Å²) in [4.78, 5) is 2.52. The van der Waals surface area contributed by atoms with Crippen molar-refractivity contribution >= 4 is 29.1 Å². The summed E-state index contributed by atoms with van der Waals surface area (Å²) in [6.45, 7) is 4.40. The molecule has 0 amide bonds. The molecule has 2 nitrogen and oxygen atoms in total. The molecule has 0 spiro atoms. The number of benzene rings is 1. The Morgan fingerprint density at radius 3 is 3.00 bits per heavy atom. The van der Waals surface area contributed by atoms with E-state index in [1.165, 1.54) is 35.6 Å². The van der Waals surface area contributed by atoms with Gasteiger partial charge in [0.05, 0.1) is 0 Å². The predicted octanol–water partition coefficient (Wildman–Crippen LogP) is 3.53. The van der Waals surface area contributed by atoms with E-state index < -0.39 is 0 Å². The van der Waals surface area contributed by atoms with Crippen molar-refractivity contribution in [3.05, 3.63) is 28.8 Å². The summed E-state index contributed by atoms with van der Waals surface area (Å²) in [6, 6.07) is 7.67. The normalized spacial score (nSPS) is 23.7. The fraction of sp³-hybridized carbons (Fsp3) is 0.600. The highest BCUT2D eigenvalue weighted by Crippen LogP contribution is 2.30. The highest BCUT2D eigenvalue weighted by molar-refractivity contribution is 7.99. The van der Waals surface area contributed by atoms with Gasteiger partial charge in [0.1, 0.15) is 0 Å². The van der Waals surface area contributed by atoms with Gasteiger partial charge in [0.15, 0.2) is 0 Å². The van der Waals surface area contributed by atoms with E-state index in [-0.39, 0.29) is 0 Å². The minimum atomic E-state index is 0.594. The average Bonchev–Trinajstić information content (AvgIpc) is 3.22. The number of hydrogen-bond acceptors (Lipinski definition) is 3. The van der Waals surface area contributed by atoms with Crippen molar-refractivity contribution in [3.63, 3.8) is 0 Å². The van der Waals surface area contributed by atoms with E-state index in [0.717, 1.165) is 24.2 Å². The molecule has 1 atom stereocenters. The molecule has 1 aromatic rings. The van der Waals surface area contributed by atoms with Gasteiger partial charge < -0.3 is 10.2 Å². The maximum atomic E-state index is 6.21. The van der Waals surface area contributed by atoms with Crippen molar-refractivity contribution in [1.82, 2.24) is 5.32 Å². The van der Waals surface area contributed by atoms with Crippen LogP contribution in [0.3, 0.4) is 0 Å². The van der Waals surface area contributed by atoms with E-state index in [1.54, 1.807) is 0 Å². The zero-order valence-corrected chi connectivity index (χ0v) is 12.9. The molecule has 2 aliphatic rings. The molecule has 1 aromatic carbocycles. The molecule has 1 saturated heterocycles. The van der Waals surface area contributed by atoms with Gasteiger partial charge in [-0.05, 0) is 37.5 Å². The molecule has 19 heavy (non-hydrogen) atoms. The van der Waals surface area contributed by atoms with Gasteiger partial charge in [-0.3, -0.25) is 0 Å². The SMILES string of the molecule is CC1CSCCN1c1cc(Cl)ccc1CNC1CC1. The third kappa shape index (κ3) is 3.39. The highest BCUT2D eigenvalue weighted by Gasteiger charge is 2.23. The molecular weight excluding hydrogens is 276 g/mol. The molecule has 2 fully saturated rings. The van der Waals surface area contributed by atoms with E-state index >= 15 is 0 Å². The standard InChI is InChI=1S/C15H21ClN2S/c1-11-10-19-7-6-18(11)15-8-13(16)3-2-12(15)9-17-14-4-5-14/h2-3,8,11,14,17H,4-7,9-10H2,1H3. The molecule has 0 bridgehead atoms. The second-order valence-corrected chi connectivity index (χ2v) is 7.13. The Morgan fingerprint density at radius 2 is 2.26 bits per heavy atom. The highest BCUT2D eigenvalue weighted by atomic mass is 35.5. The third-order valence-corrected chi connectivity index (χ3v) is 5.31. The van der Waals surface area contributed by atoms with Crippen LogP contribution >= 0.6 is 23.4 Å². The smallest absolute Gasteiger partial charge is 0.0429 e. The van der Waals surface area contributed by atoms with E-state index in [4.69, 9.17) is 11.6 Å².